The monoisotopic (exact) mass is 320 g/mol. The number of aliphatic hydroxyl groups is 3. The number of carbonyl (C=O) groups is 3. The van der Waals surface area contributed by atoms with Crippen LogP contribution in [0, 0.1) is 5.92 Å². The molecule has 0 bridgehead atoms. The molecule has 0 saturated carbocycles. The minimum absolute atomic E-state index is 0.0780. The van der Waals surface area contributed by atoms with E-state index in [4.69, 9.17) is 30.6 Å². The third-order valence-electron chi connectivity index (χ3n) is 1.92. The molecule has 0 aliphatic heterocycles. The lowest BCUT2D eigenvalue weighted by atomic mass is 9.95. The van der Waals surface area contributed by atoms with Gasteiger partial charge in [0.2, 0.25) is 0 Å². The third kappa shape index (κ3) is 15.6. The highest BCUT2D eigenvalue weighted by atomic mass is 16.7. The summed E-state index contributed by atoms with van der Waals surface area (Å²) in [7, 11) is 0. The predicted octanol–water partition coefficient (Wildman–Crippen LogP) is -0.202. The Morgan fingerprint density at radius 2 is 1.27 bits per heavy atom. The Balaban J connectivity index is -0.000000298. The second-order valence-electron chi connectivity index (χ2n) is 3.56. The van der Waals surface area contributed by atoms with Crippen LogP contribution in [-0.2, 0) is 14.4 Å². The fourth-order valence-electron chi connectivity index (χ4n) is 0.903. The Kier molecular flexibility index (Phi) is 13.7. The highest BCUT2D eigenvalue weighted by molar-refractivity contribution is 5.86. The van der Waals surface area contributed by atoms with Crippen molar-refractivity contribution < 1.29 is 45.0 Å². The first-order valence-corrected chi connectivity index (χ1v) is 5.64. The molecular formula is C13H20O9. The molecule has 0 radical (unpaired) electrons. The second kappa shape index (κ2) is 12.3. The van der Waals surface area contributed by atoms with Crippen LogP contribution < -0.4 is 0 Å². The summed E-state index contributed by atoms with van der Waals surface area (Å²) < 4.78 is 0. The molecule has 0 fully saturated rings. The van der Waals surface area contributed by atoms with Crippen LogP contribution in [0.25, 0.3) is 0 Å². The van der Waals surface area contributed by atoms with E-state index < -0.39 is 35.4 Å². The summed E-state index contributed by atoms with van der Waals surface area (Å²) in [5.41, 5.74) is -0.426. The molecule has 0 saturated heterocycles. The van der Waals surface area contributed by atoms with Gasteiger partial charge in [-0.15, -0.1) is 0 Å². The highest BCUT2D eigenvalue weighted by Crippen LogP contribution is 2.22. The summed E-state index contributed by atoms with van der Waals surface area (Å²) in [6.45, 7) is 10.5. The number of carboxylic acid groups (broad SMARTS) is 3. The standard InChI is InChI=1S/C7H12O5.2C3H4O2/c1-3-5(7(10,11)12)4(2)6(8)9;2*1-2-3(4)5/h5,10-12H,2-3H2,1H3,(H,8,9);2*2H,1H2,(H,4,5). The van der Waals surface area contributed by atoms with E-state index in [0.717, 1.165) is 12.2 Å². The molecule has 126 valence electrons. The fraction of sp³-hybridized carbons (Fsp3) is 0.308. The molecule has 0 rings (SSSR count). The van der Waals surface area contributed by atoms with E-state index in [-0.39, 0.29) is 6.42 Å². The molecule has 0 aromatic rings. The number of rotatable bonds is 6. The summed E-state index contributed by atoms with van der Waals surface area (Å²) in [5, 5.41) is 49.7. The summed E-state index contributed by atoms with van der Waals surface area (Å²) in [5.74, 6) is -7.60. The maximum Gasteiger partial charge on any atom is 0.331 e. The van der Waals surface area contributed by atoms with Crippen molar-refractivity contribution in [2.75, 3.05) is 0 Å². The van der Waals surface area contributed by atoms with E-state index in [1.807, 2.05) is 0 Å². The molecule has 6 N–H and O–H groups in total. The molecule has 0 aromatic heterocycles. The first-order valence-electron chi connectivity index (χ1n) is 5.64. The van der Waals surface area contributed by atoms with Gasteiger partial charge in [0.1, 0.15) is 0 Å². The fourth-order valence-corrected chi connectivity index (χ4v) is 0.903. The maximum atomic E-state index is 10.3. The number of carboxylic acids is 3. The summed E-state index contributed by atoms with van der Waals surface area (Å²) >= 11 is 0. The highest BCUT2D eigenvalue weighted by Gasteiger charge is 2.35. The Hall–Kier alpha value is -2.49. The predicted molar refractivity (Wildman–Crippen MR) is 75.6 cm³/mol. The molecule has 22 heavy (non-hydrogen) atoms. The second-order valence-corrected chi connectivity index (χ2v) is 3.56. The largest absolute Gasteiger partial charge is 0.478 e. The van der Waals surface area contributed by atoms with E-state index in [9.17, 15) is 14.4 Å². The van der Waals surface area contributed by atoms with Crippen LogP contribution >= 0.6 is 0 Å². The van der Waals surface area contributed by atoms with Crippen molar-refractivity contribution in [3.8, 4) is 0 Å². The van der Waals surface area contributed by atoms with E-state index in [1.54, 1.807) is 0 Å². The minimum atomic E-state index is -3.01. The number of hydrogen-bond acceptors (Lipinski definition) is 6. The number of hydrogen-bond donors (Lipinski definition) is 6. The van der Waals surface area contributed by atoms with Gasteiger partial charge in [-0.05, 0) is 6.42 Å². The Morgan fingerprint density at radius 1 is 1.00 bits per heavy atom. The average molecular weight is 320 g/mol. The lowest BCUT2D eigenvalue weighted by Crippen LogP contribution is -2.39. The van der Waals surface area contributed by atoms with Crippen LogP contribution in [0.1, 0.15) is 13.3 Å². The molecule has 0 aromatic carbocycles. The smallest absolute Gasteiger partial charge is 0.331 e. The first-order chi connectivity index (χ1) is 9.84. The van der Waals surface area contributed by atoms with Crippen molar-refractivity contribution in [3.05, 3.63) is 37.5 Å². The van der Waals surface area contributed by atoms with Crippen molar-refractivity contribution in [3.63, 3.8) is 0 Å². The van der Waals surface area contributed by atoms with E-state index >= 15 is 0 Å². The molecule has 0 heterocycles. The van der Waals surface area contributed by atoms with Gasteiger partial charge in [-0.1, -0.05) is 26.7 Å². The van der Waals surface area contributed by atoms with Gasteiger partial charge in [0.15, 0.2) is 0 Å². The molecule has 9 heteroatoms. The van der Waals surface area contributed by atoms with Crippen molar-refractivity contribution in [2.24, 2.45) is 5.92 Å². The lowest BCUT2D eigenvalue weighted by Gasteiger charge is -2.24. The Labute approximate surface area is 126 Å². The van der Waals surface area contributed by atoms with Crippen LogP contribution in [0.4, 0.5) is 0 Å². The Morgan fingerprint density at radius 3 is 1.32 bits per heavy atom. The minimum Gasteiger partial charge on any atom is -0.478 e. The van der Waals surface area contributed by atoms with Crippen LogP contribution in [0.2, 0.25) is 0 Å². The molecule has 1 atom stereocenters. The lowest BCUT2D eigenvalue weighted by molar-refractivity contribution is -0.335. The molecule has 0 amide bonds. The van der Waals surface area contributed by atoms with Gasteiger partial charge in [-0.25, -0.2) is 14.4 Å². The Bertz CT molecular complexity index is 400. The molecular weight excluding hydrogens is 300 g/mol. The molecule has 0 aliphatic rings. The zero-order valence-corrected chi connectivity index (χ0v) is 12.0. The van der Waals surface area contributed by atoms with E-state index in [2.05, 4.69) is 19.7 Å². The SMILES string of the molecule is C=C(C(=O)O)C(CC)C(O)(O)O.C=CC(=O)O.C=CC(=O)O. The van der Waals surface area contributed by atoms with Crippen molar-refractivity contribution in [1.29, 1.82) is 0 Å². The van der Waals surface area contributed by atoms with Gasteiger partial charge in [0.25, 0.3) is 5.97 Å². The number of aliphatic carboxylic acids is 3. The zero-order valence-electron chi connectivity index (χ0n) is 12.0. The summed E-state index contributed by atoms with van der Waals surface area (Å²) in [6.07, 6.45) is 1.74. The molecule has 9 nitrogen and oxygen atoms in total. The van der Waals surface area contributed by atoms with Gasteiger partial charge in [0.05, 0.1) is 5.92 Å². The van der Waals surface area contributed by atoms with Crippen molar-refractivity contribution in [2.45, 2.75) is 19.3 Å². The van der Waals surface area contributed by atoms with E-state index in [1.165, 1.54) is 6.92 Å². The maximum absolute atomic E-state index is 10.3. The molecule has 0 aliphatic carbocycles. The summed E-state index contributed by atoms with van der Waals surface area (Å²) in [6, 6.07) is 0. The van der Waals surface area contributed by atoms with Crippen LogP contribution in [0.15, 0.2) is 37.5 Å². The van der Waals surface area contributed by atoms with Gasteiger partial charge < -0.3 is 30.6 Å². The topological polar surface area (TPSA) is 173 Å². The van der Waals surface area contributed by atoms with Gasteiger partial charge >= 0.3 is 17.9 Å². The van der Waals surface area contributed by atoms with E-state index in [0.29, 0.717) is 0 Å². The normalized spacial score (nSPS) is 10.5. The molecule has 1 unspecified atom stereocenters. The van der Waals surface area contributed by atoms with Gasteiger partial charge in [-0.3, -0.25) is 0 Å². The third-order valence-corrected chi connectivity index (χ3v) is 1.92. The van der Waals surface area contributed by atoms with Crippen LogP contribution in [0.3, 0.4) is 0 Å². The van der Waals surface area contributed by atoms with Gasteiger partial charge in [0, 0.05) is 17.7 Å². The molecule has 0 spiro atoms. The quantitative estimate of drug-likeness (QED) is 0.286. The van der Waals surface area contributed by atoms with Crippen molar-refractivity contribution in [1.82, 2.24) is 0 Å². The van der Waals surface area contributed by atoms with Crippen LogP contribution in [0.5, 0.6) is 0 Å². The average Bonchev–Trinajstić information content (AvgIpc) is 2.38. The van der Waals surface area contributed by atoms with Crippen LogP contribution in [-0.4, -0.2) is 54.5 Å². The zero-order chi connectivity index (χ0) is 18.5. The summed E-state index contributed by atoms with van der Waals surface area (Å²) in [4.78, 5) is 28.8. The van der Waals surface area contributed by atoms with Gasteiger partial charge in [-0.2, -0.15) is 0 Å². The van der Waals surface area contributed by atoms with Crippen molar-refractivity contribution >= 4 is 17.9 Å². The first kappa shape index (κ1) is 24.5.